The van der Waals surface area contributed by atoms with Gasteiger partial charge in [0.15, 0.2) is 5.43 Å². The maximum atomic E-state index is 13.0. The van der Waals surface area contributed by atoms with Crippen LogP contribution in [-0.4, -0.2) is 15.6 Å². The fraction of sp³-hybridized carbons (Fsp3) is 0.158. The van der Waals surface area contributed by atoms with Crippen LogP contribution in [0.3, 0.4) is 0 Å². The fourth-order valence-electron chi connectivity index (χ4n) is 2.95. The first-order valence-corrected chi connectivity index (χ1v) is 7.81. The molecule has 0 radical (unpaired) electrons. The van der Waals surface area contributed by atoms with Crippen LogP contribution in [0.4, 0.5) is 13.2 Å². The maximum Gasteiger partial charge on any atom is 0.416 e. The number of aromatic nitrogens is 1. The van der Waals surface area contributed by atoms with Gasteiger partial charge in [0.2, 0.25) is 0 Å². The van der Waals surface area contributed by atoms with Crippen LogP contribution in [0.5, 0.6) is 0 Å². The Morgan fingerprint density at radius 1 is 1.12 bits per heavy atom. The largest absolute Gasteiger partial charge is 0.478 e. The molecule has 0 atom stereocenters. The van der Waals surface area contributed by atoms with Gasteiger partial charge in [-0.15, -0.1) is 0 Å². The van der Waals surface area contributed by atoms with E-state index >= 15 is 0 Å². The van der Waals surface area contributed by atoms with Crippen molar-refractivity contribution in [1.82, 2.24) is 4.57 Å². The third-order valence-corrected chi connectivity index (χ3v) is 4.16. The second-order valence-corrected chi connectivity index (χ2v) is 5.75. The number of nitrogens with zero attached hydrogens (tertiary/aromatic N) is 1. The van der Waals surface area contributed by atoms with Crippen molar-refractivity contribution in [1.29, 1.82) is 0 Å². The first kappa shape index (κ1) is 17.7. The Morgan fingerprint density at radius 2 is 1.85 bits per heavy atom. The summed E-state index contributed by atoms with van der Waals surface area (Å²) in [4.78, 5) is 23.6. The lowest BCUT2D eigenvalue weighted by Gasteiger charge is -2.17. The van der Waals surface area contributed by atoms with Crippen molar-refractivity contribution in [2.45, 2.75) is 19.6 Å². The van der Waals surface area contributed by atoms with E-state index in [0.717, 1.165) is 12.1 Å². The average Bonchev–Trinajstić information content (AvgIpc) is 2.60. The molecular weight excluding hydrogens is 347 g/mol. The van der Waals surface area contributed by atoms with Crippen molar-refractivity contribution in [3.05, 3.63) is 69.9 Å². The van der Waals surface area contributed by atoms with Gasteiger partial charge < -0.3 is 9.67 Å². The molecule has 3 aromatic rings. The molecule has 1 N–H and O–H groups in total. The van der Waals surface area contributed by atoms with E-state index in [0.29, 0.717) is 17.8 Å². The number of aryl methyl sites for hydroxylation is 1. The molecule has 26 heavy (non-hydrogen) atoms. The minimum atomic E-state index is -4.49. The number of fused-ring (bicyclic) bond motifs is 1. The maximum absolute atomic E-state index is 13.0. The molecule has 0 aliphatic rings. The van der Waals surface area contributed by atoms with Crippen molar-refractivity contribution in [2.75, 3.05) is 0 Å². The lowest BCUT2D eigenvalue weighted by atomic mass is 10.0. The standard InChI is InChI=1S/C19H14F3NO3/c1-2-23-15-7-6-12(18(25)26)9-14(15)17(24)10-16(23)11-4-3-5-13(8-11)19(20,21)22/h3-10H,2H2,1H3,(H,25,26). The highest BCUT2D eigenvalue weighted by atomic mass is 19.4. The summed E-state index contributed by atoms with van der Waals surface area (Å²) in [5.74, 6) is -1.16. The average molecular weight is 361 g/mol. The van der Waals surface area contributed by atoms with E-state index in [4.69, 9.17) is 5.11 Å². The summed E-state index contributed by atoms with van der Waals surface area (Å²) in [5.41, 5.74) is -0.185. The number of rotatable bonds is 3. The predicted octanol–water partition coefficient (Wildman–Crippen LogP) is 4.41. The quantitative estimate of drug-likeness (QED) is 0.752. The smallest absolute Gasteiger partial charge is 0.416 e. The summed E-state index contributed by atoms with van der Waals surface area (Å²) < 4.78 is 40.7. The second kappa shape index (κ2) is 6.33. The van der Waals surface area contributed by atoms with Crippen LogP contribution in [0, 0.1) is 0 Å². The molecule has 1 heterocycles. The summed E-state index contributed by atoms with van der Waals surface area (Å²) in [6, 6.07) is 10.2. The zero-order chi connectivity index (χ0) is 19.1. The summed E-state index contributed by atoms with van der Waals surface area (Å²) in [5, 5.41) is 9.30. The highest BCUT2D eigenvalue weighted by Crippen LogP contribution is 2.32. The number of carboxylic acids is 1. The first-order valence-electron chi connectivity index (χ1n) is 7.81. The van der Waals surface area contributed by atoms with Crippen LogP contribution in [0.1, 0.15) is 22.8 Å². The van der Waals surface area contributed by atoms with Crippen molar-refractivity contribution in [2.24, 2.45) is 0 Å². The van der Waals surface area contributed by atoms with E-state index in [1.165, 1.54) is 36.4 Å². The van der Waals surface area contributed by atoms with E-state index in [2.05, 4.69) is 0 Å². The van der Waals surface area contributed by atoms with Gasteiger partial charge in [-0.25, -0.2) is 4.79 Å². The second-order valence-electron chi connectivity index (χ2n) is 5.75. The van der Waals surface area contributed by atoms with E-state index in [1.54, 1.807) is 11.5 Å². The van der Waals surface area contributed by atoms with Gasteiger partial charge in [0.05, 0.1) is 22.3 Å². The number of hydrogen-bond acceptors (Lipinski definition) is 2. The number of halogens is 3. The lowest BCUT2D eigenvalue weighted by Crippen LogP contribution is -2.12. The topological polar surface area (TPSA) is 59.3 Å². The Labute approximate surface area is 146 Å². The number of alkyl halides is 3. The highest BCUT2D eigenvalue weighted by molar-refractivity contribution is 5.94. The molecular formula is C19H14F3NO3. The van der Waals surface area contributed by atoms with Gasteiger partial charge in [-0.3, -0.25) is 4.79 Å². The van der Waals surface area contributed by atoms with Crippen molar-refractivity contribution < 1.29 is 23.1 Å². The summed E-state index contributed by atoms with van der Waals surface area (Å²) >= 11 is 0. The number of carbonyl (C=O) groups is 1. The normalized spacial score (nSPS) is 11.7. The minimum Gasteiger partial charge on any atom is -0.478 e. The fourth-order valence-corrected chi connectivity index (χ4v) is 2.95. The van der Waals surface area contributed by atoms with Gasteiger partial charge in [-0.1, -0.05) is 12.1 Å². The molecule has 0 spiro atoms. The molecule has 3 rings (SSSR count). The van der Waals surface area contributed by atoms with Crippen LogP contribution >= 0.6 is 0 Å². The molecule has 0 saturated carbocycles. The summed E-state index contributed by atoms with van der Waals surface area (Å²) in [6.07, 6.45) is -4.49. The van der Waals surface area contributed by atoms with Crippen LogP contribution in [0.2, 0.25) is 0 Å². The molecule has 0 aliphatic carbocycles. The minimum absolute atomic E-state index is 0.0240. The van der Waals surface area contributed by atoms with Gasteiger partial charge in [0, 0.05) is 18.0 Å². The number of pyridine rings is 1. The molecule has 0 aliphatic heterocycles. The molecule has 4 nitrogen and oxygen atoms in total. The summed E-state index contributed by atoms with van der Waals surface area (Å²) in [6.45, 7) is 2.20. The van der Waals surface area contributed by atoms with Gasteiger partial charge in [0.1, 0.15) is 0 Å². The van der Waals surface area contributed by atoms with E-state index in [9.17, 15) is 22.8 Å². The Morgan fingerprint density at radius 3 is 2.46 bits per heavy atom. The molecule has 1 aromatic heterocycles. The van der Waals surface area contributed by atoms with Crippen LogP contribution in [-0.2, 0) is 12.7 Å². The number of aromatic carboxylic acids is 1. The van der Waals surface area contributed by atoms with Crippen molar-refractivity contribution >= 4 is 16.9 Å². The number of carboxylic acid groups (broad SMARTS) is 1. The van der Waals surface area contributed by atoms with Gasteiger partial charge >= 0.3 is 12.1 Å². The van der Waals surface area contributed by atoms with Gasteiger partial charge in [-0.2, -0.15) is 13.2 Å². The van der Waals surface area contributed by atoms with Crippen LogP contribution in [0.25, 0.3) is 22.2 Å². The molecule has 0 fully saturated rings. The summed E-state index contributed by atoms with van der Waals surface area (Å²) in [7, 11) is 0. The number of hydrogen-bond donors (Lipinski definition) is 1. The first-order chi connectivity index (χ1) is 12.2. The predicted molar refractivity (Wildman–Crippen MR) is 91.3 cm³/mol. The molecule has 0 bridgehead atoms. The van der Waals surface area contributed by atoms with Crippen LogP contribution < -0.4 is 5.43 Å². The van der Waals surface area contributed by atoms with Gasteiger partial charge in [-0.05, 0) is 42.8 Å². The van der Waals surface area contributed by atoms with E-state index < -0.39 is 23.1 Å². The van der Waals surface area contributed by atoms with E-state index in [1.807, 2.05) is 0 Å². The third kappa shape index (κ3) is 3.08. The molecule has 7 heteroatoms. The molecule has 0 amide bonds. The Bertz CT molecular complexity index is 1070. The van der Waals surface area contributed by atoms with Gasteiger partial charge in [0.25, 0.3) is 0 Å². The van der Waals surface area contributed by atoms with E-state index in [-0.39, 0.29) is 16.5 Å². The lowest BCUT2D eigenvalue weighted by molar-refractivity contribution is -0.137. The SMILES string of the molecule is CCn1c(-c2cccc(C(F)(F)F)c2)cc(=O)c2cc(C(=O)O)ccc21. The van der Waals surface area contributed by atoms with Crippen LogP contribution in [0.15, 0.2) is 53.3 Å². The molecule has 2 aromatic carbocycles. The Hall–Kier alpha value is -3.09. The molecule has 134 valence electrons. The Kier molecular flexibility index (Phi) is 4.31. The van der Waals surface area contributed by atoms with Crippen molar-refractivity contribution in [3.63, 3.8) is 0 Å². The zero-order valence-electron chi connectivity index (χ0n) is 13.7. The van der Waals surface area contributed by atoms with Crippen molar-refractivity contribution in [3.8, 4) is 11.3 Å². The number of benzene rings is 2. The zero-order valence-corrected chi connectivity index (χ0v) is 13.7. The Balaban J connectivity index is 2.30. The highest BCUT2D eigenvalue weighted by Gasteiger charge is 2.30. The monoisotopic (exact) mass is 361 g/mol. The molecule has 0 saturated heterocycles. The third-order valence-electron chi connectivity index (χ3n) is 4.16. The molecule has 0 unspecified atom stereocenters.